The summed E-state index contributed by atoms with van der Waals surface area (Å²) in [6.07, 6.45) is 0. The van der Waals surface area contributed by atoms with Crippen molar-refractivity contribution in [3.63, 3.8) is 0 Å². The maximum Gasteiger partial charge on any atom is 0.338 e. The van der Waals surface area contributed by atoms with E-state index in [9.17, 15) is 9.59 Å². The summed E-state index contributed by atoms with van der Waals surface area (Å²) >= 11 is 0. The van der Waals surface area contributed by atoms with Gasteiger partial charge >= 0.3 is 11.9 Å². The molecule has 24 heavy (non-hydrogen) atoms. The SMILES string of the molecule is COC(=O)c1cc(OC)cc(-c2cc(C(=O)OC)ccc2OC)c1. The first kappa shape index (κ1) is 17.3. The number of carbonyl (C=O) groups is 2. The monoisotopic (exact) mass is 330 g/mol. The molecule has 0 saturated heterocycles. The molecular formula is C18H18O6. The maximum absolute atomic E-state index is 11.9. The zero-order valence-corrected chi connectivity index (χ0v) is 13.9. The molecule has 6 heteroatoms. The molecule has 0 aliphatic rings. The number of benzene rings is 2. The molecule has 0 unspecified atom stereocenters. The van der Waals surface area contributed by atoms with Crippen molar-refractivity contribution in [2.75, 3.05) is 28.4 Å². The molecule has 0 spiro atoms. The third-order valence-electron chi connectivity index (χ3n) is 3.49. The van der Waals surface area contributed by atoms with Crippen molar-refractivity contribution in [1.82, 2.24) is 0 Å². The second-order valence-corrected chi connectivity index (χ2v) is 4.85. The second kappa shape index (κ2) is 7.50. The molecule has 0 N–H and O–H groups in total. The Labute approximate surface area is 139 Å². The quantitative estimate of drug-likeness (QED) is 0.785. The number of hydrogen-bond acceptors (Lipinski definition) is 6. The van der Waals surface area contributed by atoms with Crippen molar-refractivity contribution >= 4 is 11.9 Å². The Kier molecular flexibility index (Phi) is 5.42. The highest BCUT2D eigenvalue weighted by atomic mass is 16.5. The van der Waals surface area contributed by atoms with E-state index in [1.807, 2.05) is 0 Å². The van der Waals surface area contributed by atoms with Gasteiger partial charge in [-0.25, -0.2) is 9.59 Å². The molecular weight excluding hydrogens is 312 g/mol. The number of hydrogen-bond donors (Lipinski definition) is 0. The minimum absolute atomic E-state index is 0.331. The van der Waals surface area contributed by atoms with Crippen molar-refractivity contribution in [3.05, 3.63) is 47.5 Å². The number of esters is 2. The van der Waals surface area contributed by atoms with Gasteiger partial charge in [-0.1, -0.05) is 0 Å². The average molecular weight is 330 g/mol. The summed E-state index contributed by atoms with van der Waals surface area (Å²) in [4.78, 5) is 23.6. The van der Waals surface area contributed by atoms with Gasteiger partial charge in [0.1, 0.15) is 11.5 Å². The van der Waals surface area contributed by atoms with Crippen molar-refractivity contribution < 1.29 is 28.5 Å². The van der Waals surface area contributed by atoms with Crippen molar-refractivity contribution in [2.45, 2.75) is 0 Å². The topological polar surface area (TPSA) is 71.1 Å². The molecule has 0 bridgehead atoms. The first-order chi connectivity index (χ1) is 11.5. The van der Waals surface area contributed by atoms with Crippen LogP contribution in [-0.2, 0) is 9.47 Å². The van der Waals surface area contributed by atoms with E-state index in [0.717, 1.165) is 0 Å². The molecule has 2 rings (SSSR count). The maximum atomic E-state index is 11.9. The predicted octanol–water partition coefficient (Wildman–Crippen LogP) is 2.94. The smallest absolute Gasteiger partial charge is 0.338 e. The summed E-state index contributed by atoms with van der Waals surface area (Å²) in [6.45, 7) is 0. The van der Waals surface area contributed by atoms with Gasteiger partial charge in [0.05, 0.1) is 39.6 Å². The van der Waals surface area contributed by atoms with Gasteiger partial charge in [-0.15, -0.1) is 0 Å². The van der Waals surface area contributed by atoms with Gasteiger partial charge in [-0.05, 0) is 42.0 Å². The zero-order valence-electron chi connectivity index (χ0n) is 13.9. The molecule has 126 valence electrons. The van der Waals surface area contributed by atoms with E-state index < -0.39 is 11.9 Å². The fraction of sp³-hybridized carbons (Fsp3) is 0.222. The number of ether oxygens (including phenoxy) is 4. The Morgan fingerprint density at radius 3 is 2.00 bits per heavy atom. The molecule has 2 aromatic rings. The summed E-state index contributed by atoms with van der Waals surface area (Å²) in [5, 5.41) is 0. The van der Waals surface area contributed by atoms with E-state index in [2.05, 4.69) is 0 Å². The Morgan fingerprint density at radius 2 is 1.42 bits per heavy atom. The molecule has 6 nitrogen and oxygen atoms in total. The molecule has 0 fully saturated rings. The molecule has 0 atom stereocenters. The summed E-state index contributed by atoms with van der Waals surface area (Å²) in [6, 6.07) is 9.87. The van der Waals surface area contributed by atoms with Crippen LogP contribution >= 0.6 is 0 Å². The van der Waals surface area contributed by atoms with Gasteiger partial charge in [0.2, 0.25) is 0 Å². The van der Waals surface area contributed by atoms with Gasteiger partial charge in [0, 0.05) is 5.56 Å². The van der Waals surface area contributed by atoms with Gasteiger partial charge in [0.15, 0.2) is 0 Å². The summed E-state index contributed by atoms with van der Waals surface area (Å²) < 4.78 is 20.1. The largest absolute Gasteiger partial charge is 0.497 e. The first-order valence-electron chi connectivity index (χ1n) is 7.08. The highest BCUT2D eigenvalue weighted by Crippen LogP contribution is 2.34. The van der Waals surface area contributed by atoms with Crippen LogP contribution in [0.15, 0.2) is 36.4 Å². The van der Waals surface area contributed by atoms with E-state index in [4.69, 9.17) is 18.9 Å². The van der Waals surface area contributed by atoms with Crippen molar-refractivity contribution in [3.8, 4) is 22.6 Å². The summed E-state index contributed by atoms with van der Waals surface area (Å²) in [7, 11) is 5.65. The fourth-order valence-corrected chi connectivity index (χ4v) is 2.29. The lowest BCUT2D eigenvalue weighted by Crippen LogP contribution is -2.04. The third kappa shape index (κ3) is 3.48. The zero-order chi connectivity index (χ0) is 17.7. The molecule has 0 aromatic heterocycles. The number of methoxy groups -OCH3 is 4. The van der Waals surface area contributed by atoms with Gasteiger partial charge in [-0.2, -0.15) is 0 Å². The van der Waals surface area contributed by atoms with Crippen LogP contribution in [0.4, 0.5) is 0 Å². The highest BCUT2D eigenvalue weighted by molar-refractivity contribution is 5.94. The highest BCUT2D eigenvalue weighted by Gasteiger charge is 2.16. The fourth-order valence-electron chi connectivity index (χ4n) is 2.29. The van der Waals surface area contributed by atoms with Gasteiger partial charge in [0.25, 0.3) is 0 Å². The third-order valence-corrected chi connectivity index (χ3v) is 3.49. The summed E-state index contributed by atoms with van der Waals surface area (Å²) in [5.74, 6) is 0.0818. The van der Waals surface area contributed by atoms with Crippen LogP contribution in [0.1, 0.15) is 20.7 Å². The molecule has 0 aliphatic heterocycles. The summed E-state index contributed by atoms with van der Waals surface area (Å²) in [5.41, 5.74) is 1.98. The molecule has 0 radical (unpaired) electrons. The Balaban J connectivity index is 2.65. The molecule has 0 saturated carbocycles. The van der Waals surface area contributed by atoms with E-state index in [1.54, 1.807) is 36.4 Å². The molecule has 2 aromatic carbocycles. The minimum atomic E-state index is -0.488. The lowest BCUT2D eigenvalue weighted by Gasteiger charge is -2.13. The van der Waals surface area contributed by atoms with Crippen LogP contribution in [0.2, 0.25) is 0 Å². The lowest BCUT2D eigenvalue weighted by molar-refractivity contribution is 0.0591. The predicted molar refractivity (Wildman–Crippen MR) is 87.7 cm³/mol. The van der Waals surface area contributed by atoms with Crippen LogP contribution in [0.25, 0.3) is 11.1 Å². The Hall–Kier alpha value is -3.02. The van der Waals surface area contributed by atoms with Gasteiger partial charge < -0.3 is 18.9 Å². The molecule has 0 heterocycles. The normalized spacial score (nSPS) is 10.0. The second-order valence-electron chi connectivity index (χ2n) is 4.85. The van der Waals surface area contributed by atoms with Crippen LogP contribution in [0.5, 0.6) is 11.5 Å². The molecule has 0 amide bonds. The Bertz CT molecular complexity index is 766. The van der Waals surface area contributed by atoms with Crippen molar-refractivity contribution in [1.29, 1.82) is 0 Å². The van der Waals surface area contributed by atoms with E-state index >= 15 is 0 Å². The van der Waals surface area contributed by atoms with Gasteiger partial charge in [-0.3, -0.25) is 0 Å². The Morgan fingerprint density at radius 1 is 0.750 bits per heavy atom. The van der Waals surface area contributed by atoms with Crippen molar-refractivity contribution in [2.24, 2.45) is 0 Å². The van der Waals surface area contributed by atoms with Crippen LogP contribution in [0, 0.1) is 0 Å². The first-order valence-corrected chi connectivity index (χ1v) is 7.08. The van der Waals surface area contributed by atoms with E-state index in [-0.39, 0.29) is 0 Å². The van der Waals surface area contributed by atoms with Crippen LogP contribution in [-0.4, -0.2) is 40.4 Å². The van der Waals surface area contributed by atoms with Crippen LogP contribution in [0.3, 0.4) is 0 Å². The van der Waals surface area contributed by atoms with E-state index in [1.165, 1.54) is 28.4 Å². The number of rotatable bonds is 5. The van der Waals surface area contributed by atoms with E-state index in [0.29, 0.717) is 33.8 Å². The lowest BCUT2D eigenvalue weighted by atomic mass is 9.99. The molecule has 0 aliphatic carbocycles. The van der Waals surface area contributed by atoms with Crippen LogP contribution < -0.4 is 9.47 Å². The number of carbonyl (C=O) groups excluding carboxylic acids is 2. The standard InChI is InChI=1S/C18H18O6/c1-21-14-8-12(7-13(9-14)18(20)24-4)15-10-11(17(19)23-3)5-6-16(15)22-2/h5-10H,1-4H3. The average Bonchev–Trinajstić information content (AvgIpc) is 2.65. The minimum Gasteiger partial charge on any atom is -0.497 e.